The summed E-state index contributed by atoms with van der Waals surface area (Å²) in [6.07, 6.45) is 0. The van der Waals surface area contributed by atoms with Crippen molar-refractivity contribution >= 4 is 23.1 Å². The predicted molar refractivity (Wildman–Crippen MR) is 118 cm³/mol. The fraction of sp³-hybridized carbons (Fsp3) is 0.167. The average Bonchev–Trinajstić information content (AvgIpc) is 2.76. The van der Waals surface area contributed by atoms with Gasteiger partial charge in [-0.3, -0.25) is 9.59 Å². The van der Waals surface area contributed by atoms with Crippen molar-refractivity contribution in [2.45, 2.75) is 19.9 Å². The van der Waals surface area contributed by atoms with Gasteiger partial charge in [-0.25, -0.2) is 4.39 Å². The number of amides is 1. The number of ether oxygens (including phenoxy) is 2. The number of methoxy groups -OCH3 is 1. The summed E-state index contributed by atoms with van der Waals surface area (Å²) < 4.78 is 25.4. The number of hydrogen-bond acceptors (Lipinski definition) is 5. The largest absolute Gasteiger partial charge is 0.493 e. The van der Waals surface area contributed by atoms with Gasteiger partial charge < -0.3 is 20.1 Å². The van der Waals surface area contributed by atoms with Crippen LogP contribution in [-0.4, -0.2) is 24.8 Å². The monoisotopic (exact) mass is 422 g/mol. The van der Waals surface area contributed by atoms with Crippen molar-refractivity contribution in [2.24, 2.45) is 0 Å². The minimum atomic E-state index is -0.652. The highest BCUT2D eigenvalue weighted by Gasteiger charge is 2.15. The molecule has 0 aliphatic carbocycles. The number of nitrogens with one attached hydrogen (secondary N) is 2. The van der Waals surface area contributed by atoms with E-state index in [9.17, 15) is 14.0 Å². The maximum Gasteiger partial charge on any atom is 0.246 e. The molecule has 2 N–H and O–H groups in total. The lowest BCUT2D eigenvalue weighted by Crippen LogP contribution is -2.31. The van der Waals surface area contributed by atoms with E-state index >= 15 is 0 Å². The van der Waals surface area contributed by atoms with Crippen molar-refractivity contribution in [1.29, 1.82) is 0 Å². The molecule has 31 heavy (non-hydrogen) atoms. The SMILES string of the molecule is COc1ccccc1Oc1ccc(NC(C)C(=O)Nc2cccc(C(C)=O)c2)cc1F. The number of carbonyl (C=O) groups excluding carboxylic acids is 2. The van der Waals surface area contributed by atoms with Gasteiger partial charge in [-0.15, -0.1) is 0 Å². The lowest BCUT2D eigenvalue weighted by molar-refractivity contribution is -0.116. The smallest absolute Gasteiger partial charge is 0.246 e. The standard InChI is InChI=1S/C24H23FN2O4/c1-15(24(29)27-18-8-6-7-17(13-18)16(2)28)26-19-11-12-21(20(25)14-19)31-23-10-5-4-9-22(23)30-3/h4-15,26H,1-3H3,(H,27,29). The van der Waals surface area contributed by atoms with Gasteiger partial charge in [0.05, 0.1) is 7.11 Å². The van der Waals surface area contributed by atoms with Gasteiger partial charge in [0.15, 0.2) is 28.8 Å². The van der Waals surface area contributed by atoms with E-state index in [0.29, 0.717) is 28.4 Å². The Labute approximate surface area is 180 Å². The second-order valence-corrected chi connectivity index (χ2v) is 6.89. The van der Waals surface area contributed by atoms with Crippen LogP contribution in [0, 0.1) is 5.82 Å². The number of anilines is 2. The molecule has 6 nitrogen and oxygen atoms in total. The molecule has 0 saturated heterocycles. The average molecular weight is 422 g/mol. The number of halogens is 1. The van der Waals surface area contributed by atoms with Crippen LogP contribution in [0.1, 0.15) is 24.2 Å². The molecule has 1 amide bonds. The molecule has 0 spiro atoms. The second kappa shape index (κ2) is 9.75. The second-order valence-electron chi connectivity index (χ2n) is 6.89. The molecule has 0 radical (unpaired) electrons. The zero-order valence-corrected chi connectivity index (χ0v) is 17.4. The Morgan fingerprint density at radius 3 is 2.32 bits per heavy atom. The molecule has 3 rings (SSSR count). The molecule has 7 heteroatoms. The van der Waals surface area contributed by atoms with Crippen LogP contribution in [0.15, 0.2) is 66.7 Å². The number of para-hydroxylation sites is 2. The Morgan fingerprint density at radius 2 is 1.65 bits per heavy atom. The summed E-state index contributed by atoms with van der Waals surface area (Å²) in [5.41, 5.74) is 1.44. The molecule has 1 atom stereocenters. The summed E-state index contributed by atoms with van der Waals surface area (Å²) >= 11 is 0. The Bertz CT molecular complexity index is 1100. The predicted octanol–water partition coefficient (Wildman–Crippen LogP) is 5.27. The van der Waals surface area contributed by atoms with Crippen molar-refractivity contribution in [3.05, 3.63) is 78.1 Å². The number of Topliss-reactive ketones (excluding diaryl/α,β-unsaturated/α-hetero) is 1. The fourth-order valence-electron chi connectivity index (χ4n) is 2.88. The number of benzene rings is 3. The molecule has 0 aliphatic rings. The van der Waals surface area contributed by atoms with Gasteiger partial charge in [0, 0.05) is 23.0 Å². The zero-order valence-electron chi connectivity index (χ0n) is 17.4. The van der Waals surface area contributed by atoms with Gasteiger partial charge in [0.1, 0.15) is 6.04 Å². The summed E-state index contributed by atoms with van der Waals surface area (Å²) in [7, 11) is 1.51. The first kappa shape index (κ1) is 21.8. The number of carbonyl (C=O) groups is 2. The maximum atomic E-state index is 14.6. The maximum absolute atomic E-state index is 14.6. The summed E-state index contributed by atoms with van der Waals surface area (Å²) in [6, 6.07) is 17.3. The molecule has 0 heterocycles. The van der Waals surface area contributed by atoms with Crippen LogP contribution in [0.3, 0.4) is 0 Å². The summed E-state index contributed by atoms with van der Waals surface area (Å²) in [4.78, 5) is 24.0. The van der Waals surface area contributed by atoms with E-state index < -0.39 is 11.9 Å². The molecule has 3 aromatic rings. The summed E-state index contributed by atoms with van der Waals surface area (Å²) in [6.45, 7) is 3.11. The first-order valence-electron chi connectivity index (χ1n) is 9.66. The van der Waals surface area contributed by atoms with E-state index in [2.05, 4.69) is 10.6 Å². The van der Waals surface area contributed by atoms with Gasteiger partial charge in [0.25, 0.3) is 0 Å². The fourth-order valence-corrected chi connectivity index (χ4v) is 2.88. The molecule has 1 unspecified atom stereocenters. The van der Waals surface area contributed by atoms with E-state index in [-0.39, 0.29) is 17.4 Å². The molecule has 0 aliphatic heterocycles. The minimum Gasteiger partial charge on any atom is -0.493 e. The molecule has 3 aromatic carbocycles. The van der Waals surface area contributed by atoms with Crippen LogP contribution >= 0.6 is 0 Å². The lowest BCUT2D eigenvalue weighted by atomic mass is 10.1. The minimum absolute atomic E-state index is 0.0354. The Hall–Kier alpha value is -3.87. The van der Waals surface area contributed by atoms with Crippen LogP contribution < -0.4 is 20.1 Å². The molecule has 160 valence electrons. The van der Waals surface area contributed by atoms with Crippen molar-refractivity contribution in [1.82, 2.24) is 0 Å². The molecule has 0 bridgehead atoms. The number of rotatable bonds is 8. The van der Waals surface area contributed by atoms with Crippen LogP contribution in [0.5, 0.6) is 17.2 Å². The van der Waals surface area contributed by atoms with E-state index in [1.54, 1.807) is 61.5 Å². The highest BCUT2D eigenvalue weighted by molar-refractivity contribution is 5.99. The van der Waals surface area contributed by atoms with Gasteiger partial charge >= 0.3 is 0 Å². The molecule has 0 aromatic heterocycles. The molecule has 0 fully saturated rings. The third-order valence-electron chi connectivity index (χ3n) is 4.53. The van der Waals surface area contributed by atoms with Crippen molar-refractivity contribution < 1.29 is 23.5 Å². The van der Waals surface area contributed by atoms with Crippen LogP contribution in [0.2, 0.25) is 0 Å². The van der Waals surface area contributed by atoms with E-state index in [1.807, 2.05) is 0 Å². The lowest BCUT2D eigenvalue weighted by Gasteiger charge is -2.16. The van der Waals surface area contributed by atoms with Crippen LogP contribution in [0.25, 0.3) is 0 Å². The molecule has 0 saturated carbocycles. The van der Waals surface area contributed by atoms with Crippen LogP contribution in [0.4, 0.5) is 15.8 Å². The van der Waals surface area contributed by atoms with E-state index in [1.165, 1.54) is 26.2 Å². The quantitative estimate of drug-likeness (QED) is 0.484. The van der Waals surface area contributed by atoms with Gasteiger partial charge in [-0.05, 0) is 50.2 Å². The highest BCUT2D eigenvalue weighted by atomic mass is 19.1. The van der Waals surface area contributed by atoms with E-state index in [4.69, 9.17) is 9.47 Å². The van der Waals surface area contributed by atoms with Crippen molar-refractivity contribution in [3.8, 4) is 17.2 Å². The van der Waals surface area contributed by atoms with Crippen molar-refractivity contribution in [3.63, 3.8) is 0 Å². The van der Waals surface area contributed by atoms with Crippen molar-refractivity contribution in [2.75, 3.05) is 17.7 Å². The zero-order chi connectivity index (χ0) is 22.4. The van der Waals surface area contributed by atoms with Gasteiger partial charge in [-0.2, -0.15) is 0 Å². The normalized spacial score (nSPS) is 11.4. The molecular formula is C24H23FN2O4. The van der Waals surface area contributed by atoms with Gasteiger partial charge in [-0.1, -0.05) is 24.3 Å². The Kier molecular flexibility index (Phi) is 6.87. The third kappa shape index (κ3) is 5.60. The number of ketones is 1. The van der Waals surface area contributed by atoms with Crippen LogP contribution in [-0.2, 0) is 4.79 Å². The third-order valence-corrected chi connectivity index (χ3v) is 4.53. The topological polar surface area (TPSA) is 76.7 Å². The Morgan fingerprint density at radius 1 is 0.903 bits per heavy atom. The Balaban J connectivity index is 1.65. The highest BCUT2D eigenvalue weighted by Crippen LogP contribution is 2.33. The first-order valence-corrected chi connectivity index (χ1v) is 9.66. The number of hydrogen-bond donors (Lipinski definition) is 2. The summed E-state index contributed by atoms with van der Waals surface area (Å²) in [5, 5.41) is 5.70. The van der Waals surface area contributed by atoms with E-state index in [0.717, 1.165) is 0 Å². The summed E-state index contributed by atoms with van der Waals surface area (Å²) in [5.74, 6) is -0.0807. The van der Waals surface area contributed by atoms with Gasteiger partial charge in [0.2, 0.25) is 5.91 Å². The first-order chi connectivity index (χ1) is 14.9. The molecular weight excluding hydrogens is 399 g/mol.